The van der Waals surface area contributed by atoms with Crippen LogP contribution in [0.5, 0.6) is 0 Å². The molecule has 3 heterocycles. The van der Waals surface area contributed by atoms with Gasteiger partial charge in [0.15, 0.2) is 11.5 Å². The molecule has 4 rings (SSSR count). The monoisotopic (exact) mass is 379 g/mol. The van der Waals surface area contributed by atoms with Crippen LogP contribution in [-0.4, -0.2) is 23.5 Å². The first kappa shape index (κ1) is 18.0. The van der Waals surface area contributed by atoms with E-state index in [0.29, 0.717) is 35.0 Å². The summed E-state index contributed by atoms with van der Waals surface area (Å²) in [5.41, 5.74) is 3.46. The number of carbonyl (C=O) groups is 2. The number of rotatable bonds is 4. The van der Waals surface area contributed by atoms with Crippen molar-refractivity contribution in [2.45, 2.75) is 33.1 Å². The van der Waals surface area contributed by atoms with Crippen LogP contribution in [0, 0.1) is 6.92 Å². The van der Waals surface area contributed by atoms with Gasteiger partial charge in [0, 0.05) is 23.8 Å². The van der Waals surface area contributed by atoms with Crippen molar-refractivity contribution in [3.05, 3.63) is 64.9 Å². The standard InChI is InChI=1S/C21H21N3O4/c1-12(2)19-18(13(3)23-28-19)20(25)22-15-7-6-14-8-9-24(16(14)11-15)21(26)17-5-4-10-27-17/h4-7,10-12H,8-9H2,1-3H3,(H,22,25). The van der Waals surface area contributed by atoms with Crippen LogP contribution in [0.2, 0.25) is 0 Å². The van der Waals surface area contributed by atoms with Gasteiger partial charge in [0.1, 0.15) is 5.56 Å². The van der Waals surface area contributed by atoms with Crippen molar-refractivity contribution in [2.24, 2.45) is 0 Å². The van der Waals surface area contributed by atoms with Gasteiger partial charge >= 0.3 is 0 Å². The molecule has 28 heavy (non-hydrogen) atoms. The fraction of sp³-hybridized carbons (Fsp3) is 0.286. The molecule has 0 saturated carbocycles. The molecule has 0 radical (unpaired) electrons. The van der Waals surface area contributed by atoms with Crippen LogP contribution < -0.4 is 10.2 Å². The zero-order valence-electron chi connectivity index (χ0n) is 16.0. The molecule has 1 aliphatic rings. The minimum absolute atomic E-state index is 0.0448. The Morgan fingerprint density at radius 3 is 2.79 bits per heavy atom. The highest BCUT2D eigenvalue weighted by molar-refractivity contribution is 6.08. The van der Waals surface area contributed by atoms with Crippen LogP contribution in [0.4, 0.5) is 11.4 Å². The van der Waals surface area contributed by atoms with Crippen molar-refractivity contribution in [1.29, 1.82) is 0 Å². The summed E-state index contributed by atoms with van der Waals surface area (Å²) in [5.74, 6) is 0.437. The molecule has 1 aromatic carbocycles. The van der Waals surface area contributed by atoms with Gasteiger partial charge in [-0.2, -0.15) is 0 Å². The van der Waals surface area contributed by atoms with E-state index in [1.165, 1.54) is 6.26 Å². The van der Waals surface area contributed by atoms with Gasteiger partial charge in [0.05, 0.1) is 12.0 Å². The molecule has 1 N–H and O–H groups in total. The molecule has 0 aliphatic carbocycles. The minimum Gasteiger partial charge on any atom is -0.459 e. The maximum absolute atomic E-state index is 12.8. The van der Waals surface area contributed by atoms with Crippen molar-refractivity contribution < 1.29 is 18.5 Å². The first-order valence-corrected chi connectivity index (χ1v) is 9.21. The number of fused-ring (bicyclic) bond motifs is 1. The van der Waals surface area contributed by atoms with Crippen molar-refractivity contribution in [3.63, 3.8) is 0 Å². The van der Waals surface area contributed by atoms with Gasteiger partial charge in [-0.3, -0.25) is 9.59 Å². The molecule has 7 nitrogen and oxygen atoms in total. The van der Waals surface area contributed by atoms with Crippen LogP contribution in [-0.2, 0) is 6.42 Å². The van der Waals surface area contributed by atoms with Crippen LogP contribution in [0.1, 0.15) is 57.7 Å². The van der Waals surface area contributed by atoms with Crippen LogP contribution in [0.15, 0.2) is 45.5 Å². The van der Waals surface area contributed by atoms with E-state index in [4.69, 9.17) is 8.94 Å². The number of hydrogen-bond acceptors (Lipinski definition) is 5. The molecule has 0 saturated heterocycles. The molecule has 1 aliphatic heterocycles. The molecule has 2 amide bonds. The lowest BCUT2D eigenvalue weighted by Crippen LogP contribution is -2.28. The number of nitrogens with one attached hydrogen (secondary N) is 1. The fourth-order valence-corrected chi connectivity index (χ4v) is 3.45. The van der Waals surface area contributed by atoms with E-state index in [1.807, 2.05) is 32.0 Å². The lowest BCUT2D eigenvalue weighted by atomic mass is 10.0. The van der Waals surface area contributed by atoms with Gasteiger partial charge in [0.2, 0.25) is 0 Å². The predicted octanol–water partition coefficient (Wildman–Crippen LogP) is 4.15. The second kappa shape index (κ2) is 6.99. The summed E-state index contributed by atoms with van der Waals surface area (Å²) in [6, 6.07) is 8.93. The first-order chi connectivity index (χ1) is 13.5. The summed E-state index contributed by atoms with van der Waals surface area (Å²) in [5, 5.41) is 6.83. The largest absolute Gasteiger partial charge is 0.459 e. The summed E-state index contributed by atoms with van der Waals surface area (Å²) >= 11 is 0. The molecule has 7 heteroatoms. The number of furan rings is 1. The van der Waals surface area contributed by atoms with Crippen molar-refractivity contribution >= 4 is 23.2 Å². The summed E-state index contributed by atoms with van der Waals surface area (Å²) in [6.07, 6.45) is 2.24. The Balaban J connectivity index is 1.60. The number of nitrogens with zero attached hydrogens (tertiary/aromatic N) is 2. The van der Waals surface area contributed by atoms with Crippen LogP contribution in [0.25, 0.3) is 0 Å². The van der Waals surface area contributed by atoms with Crippen molar-refractivity contribution in [1.82, 2.24) is 5.16 Å². The normalized spacial score (nSPS) is 13.1. The first-order valence-electron chi connectivity index (χ1n) is 9.21. The topological polar surface area (TPSA) is 88.6 Å². The summed E-state index contributed by atoms with van der Waals surface area (Å²) < 4.78 is 10.5. The van der Waals surface area contributed by atoms with Gasteiger partial charge in [-0.25, -0.2) is 0 Å². The summed E-state index contributed by atoms with van der Waals surface area (Å²) in [6.45, 7) is 6.22. The number of anilines is 2. The average molecular weight is 379 g/mol. The minimum atomic E-state index is -0.274. The highest BCUT2D eigenvalue weighted by Crippen LogP contribution is 2.32. The van der Waals surface area contributed by atoms with Crippen LogP contribution in [0.3, 0.4) is 0 Å². The highest BCUT2D eigenvalue weighted by Gasteiger charge is 2.28. The molecule has 0 bridgehead atoms. The van der Waals surface area contributed by atoms with E-state index in [9.17, 15) is 9.59 Å². The smallest absolute Gasteiger partial charge is 0.293 e. The molecular weight excluding hydrogens is 358 g/mol. The Kier molecular flexibility index (Phi) is 4.50. The Hall–Kier alpha value is -3.35. The molecule has 2 aromatic heterocycles. The number of carbonyl (C=O) groups excluding carboxylic acids is 2. The third kappa shape index (κ3) is 3.09. The Labute approximate surface area is 162 Å². The number of aryl methyl sites for hydroxylation is 1. The Morgan fingerprint density at radius 2 is 2.07 bits per heavy atom. The van der Waals surface area contributed by atoms with Gasteiger partial charge in [-0.1, -0.05) is 25.1 Å². The number of aromatic nitrogens is 1. The van der Waals surface area contributed by atoms with E-state index in [0.717, 1.165) is 17.7 Å². The van der Waals surface area contributed by atoms with E-state index in [-0.39, 0.29) is 17.7 Å². The van der Waals surface area contributed by atoms with Crippen molar-refractivity contribution in [2.75, 3.05) is 16.8 Å². The number of amides is 2. The lowest BCUT2D eigenvalue weighted by Gasteiger charge is -2.17. The molecule has 3 aromatic rings. The summed E-state index contributed by atoms with van der Waals surface area (Å²) in [7, 11) is 0. The Bertz CT molecular complexity index is 1030. The van der Waals surface area contributed by atoms with Gasteiger partial charge in [-0.15, -0.1) is 0 Å². The molecular formula is C21H21N3O4. The van der Waals surface area contributed by atoms with E-state index in [2.05, 4.69) is 10.5 Å². The fourth-order valence-electron chi connectivity index (χ4n) is 3.45. The molecule has 0 atom stereocenters. The highest BCUT2D eigenvalue weighted by atomic mass is 16.5. The number of benzene rings is 1. The third-order valence-electron chi connectivity index (χ3n) is 4.86. The van der Waals surface area contributed by atoms with Gasteiger partial charge in [-0.05, 0) is 43.2 Å². The second-order valence-corrected chi connectivity index (χ2v) is 7.14. The van der Waals surface area contributed by atoms with Crippen molar-refractivity contribution in [3.8, 4) is 0 Å². The maximum atomic E-state index is 12.8. The SMILES string of the molecule is Cc1noc(C(C)C)c1C(=O)Nc1ccc2c(c1)N(C(=O)c1ccco1)CC2. The predicted molar refractivity (Wildman–Crippen MR) is 104 cm³/mol. The van der Waals surface area contributed by atoms with Gasteiger partial charge in [0.25, 0.3) is 11.8 Å². The van der Waals surface area contributed by atoms with E-state index < -0.39 is 0 Å². The average Bonchev–Trinajstić information content (AvgIpc) is 3.40. The molecule has 0 fully saturated rings. The zero-order valence-corrected chi connectivity index (χ0v) is 16.0. The number of hydrogen-bond donors (Lipinski definition) is 1. The molecule has 144 valence electrons. The van der Waals surface area contributed by atoms with Crippen LogP contribution >= 0.6 is 0 Å². The van der Waals surface area contributed by atoms with E-state index >= 15 is 0 Å². The summed E-state index contributed by atoms with van der Waals surface area (Å²) in [4.78, 5) is 27.2. The van der Waals surface area contributed by atoms with Gasteiger partial charge < -0.3 is 19.2 Å². The van der Waals surface area contributed by atoms with E-state index in [1.54, 1.807) is 24.0 Å². The lowest BCUT2D eigenvalue weighted by molar-refractivity contribution is 0.0962. The Morgan fingerprint density at radius 1 is 1.25 bits per heavy atom. The molecule has 0 unspecified atom stereocenters. The third-order valence-corrected chi connectivity index (χ3v) is 4.86. The second-order valence-electron chi connectivity index (χ2n) is 7.14. The zero-order chi connectivity index (χ0) is 19.8. The maximum Gasteiger partial charge on any atom is 0.293 e. The quantitative estimate of drug-likeness (QED) is 0.735. The molecule has 0 spiro atoms.